The molecule has 0 aliphatic carbocycles. The fourth-order valence-corrected chi connectivity index (χ4v) is 5.96. The van der Waals surface area contributed by atoms with Gasteiger partial charge in [0.1, 0.15) is 10.7 Å². The van der Waals surface area contributed by atoms with E-state index in [1.54, 1.807) is 4.90 Å². The van der Waals surface area contributed by atoms with Crippen LogP contribution in [0.1, 0.15) is 5.82 Å². The quantitative estimate of drug-likeness (QED) is 0.412. The van der Waals surface area contributed by atoms with Crippen LogP contribution in [0.25, 0.3) is 32.4 Å². The molecule has 3 aromatic heterocycles. The van der Waals surface area contributed by atoms with Crippen molar-refractivity contribution in [2.45, 2.75) is 12.3 Å². The van der Waals surface area contributed by atoms with E-state index in [2.05, 4.69) is 19.5 Å². The number of thiophene rings is 1. The zero-order valence-electron chi connectivity index (χ0n) is 17.5. The lowest BCUT2D eigenvalue weighted by Gasteiger charge is -2.13. The Balaban J connectivity index is 1.16. The largest absolute Gasteiger partial charge is 0.309 e. The second-order valence-corrected chi connectivity index (χ2v) is 9.64. The Kier molecular flexibility index (Phi) is 5.00. The van der Waals surface area contributed by atoms with E-state index in [0.717, 1.165) is 28.7 Å². The molecule has 1 amide bonds. The zero-order chi connectivity index (χ0) is 22.4. The fourth-order valence-electron chi connectivity index (χ4n) is 4.23. The standard InChI is InChI=1S/C24H19N5O2S2/c30-20(29-11-10-28-18-9-5-4-8-17(18)25-24(28)29)14-32-13-19-26-22(31)21-16(12-33-23(21)27-19)15-6-2-1-3-7-15/h1-9,12H,10-11,13-14H2,(H,26,27,31). The molecule has 0 atom stereocenters. The summed E-state index contributed by atoms with van der Waals surface area (Å²) < 4.78 is 2.09. The molecule has 0 radical (unpaired) electrons. The number of carbonyl (C=O) groups is 1. The Hall–Kier alpha value is -3.43. The first-order valence-corrected chi connectivity index (χ1v) is 12.6. The highest BCUT2D eigenvalue weighted by atomic mass is 32.2. The van der Waals surface area contributed by atoms with Crippen LogP contribution in [0.15, 0.2) is 64.8 Å². The molecular weight excluding hydrogens is 454 g/mol. The summed E-state index contributed by atoms with van der Waals surface area (Å²) in [5.41, 5.74) is 3.71. The zero-order valence-corrected chi connectivity index (χ0v) is 19.2. The predicted molar refractivity (Wildman–Crippen MR) is 134 cm³/mol. The number of imidazole rings is 1. The summed E-state index contributed by atoms with van der Waals surface area (Å²) in [5.74, 6) is 2.06. The molecule has 0 saturated carbocycles. The third-order valence-electron chi connectivity index (χ3n) is 5.77. The molecule has 2 aromatic carbocycles. The van der Waals surface area contributed by atoms with Crippen molar-refractivity contribution in [2.75, 3.05) is 17.2 Å². The minimum Gasteiger partial charge on any atom is -0.309 e. The maximum absolute atomic E-state index is 12.9. The number of amides is 1. The van der Waals surface area contributed by atoms with Gasteiger partial charge in [-0.2, -0.15) is 0 Å². The van der Waals surface area contributed by atoms with Crippen molar-refractivity contribution in [1.29, 1.82) is 0 Å². The number of aromatic amines is 1. The molecule has 5 aromatic rings. The van der Waals surface area contributed by atoms with Crippen LogP contribution < -0.4 is 10.5 Å². The summed E-state index contributed by atoms with van der Waals surface area (Å²) in [7, 11) is 0. The topological polar surface area (TPSA) is 83.9 Å². The average Bonchev–Trinajstić information content (AvgIpc) is 3.53. The number of fused-ring (bicyclic) bond motifs is 4. The summed E-state index contributed by atoms with van der Waals surface area (Å²) in [4.78, 5) is 40.3. The van der Waals surface area contributed by atoms with E-state index in [1.165, 1.54) is 23.1 Å². The van der Waals surface area contributed by atoms with Crippen LogP contribution in [0.5, 0.6) is 0 Å². The smallest absolute Gasteiger partial charge is 0.260 e. The predicted octanol–water partition coefficient (Wildman–Crippen LogP) is 4.28. The maximum atomic E-state index is 12.9. The Bertz CT molecular complexity index is 1550. The van der Waals surface area contributed by atoms with E-state index >= 15 is 0 Å². The lowest BCUT2D eigenvalue weighted by Crippen LogP contribution is -2.31. The van der Waals surface area contributed by atoms with E-state index in [0.29, 0.717) is 40.0 Å². The summed E-state index contributed by atoms with van der Waals surface area (Å²) in [5, 5.41) is 2.59. The van der Waals surface area contributed by atoms with E-state index in [-0.39, 0.29) is 11.5 Å². The maximum Gasteiger partial charge on any atom is 0.260 e. The fraction of sp³-hybridized carbons (Fsp3) is 0.167. The van der Waals surface area contributed by atoms with Crippen molar-refractivity contribution in [2.24, 2.45) is 0 Å². The molecule has 0 unspecified atom stereocenters. The van der Waals surface area contributed by atoms with E-state index in [1.807, 2.05) is 60.0 Å². The molecule has 164 valence electrons. The van der Waals surface area contributed by atoms with Crippen molar-refractivity contribution in [3.8, 4) is 11.1 Å². The average molecular weight is 474 g/mol. The number of carbonyl (C=O) groups excluding carboxylic acids is 1. The van der Waals surface area contributed by atoms with E-state index < -0.39 is 0 Å². The van der Waals surface area contributed by atoms with Gasteiger partial charge in [-0.05, 0) is 17.7 Å². The molecule has 0 fully saturated rings. The monoisotopic (exact) mass is 473 g/mol. The Morgan fingerprint density at radius 1 is 1.06 bits per heavy atom. The number of thioether (sulfide) groups is 1. The number of nitrogens with zero attached hydrogens (tertiary/aromatic N) is 4. The van der Waals surface area contributed by atoms with Gasteiger partial charge in [0.2, 0.25) is 11.9 Å². The minimum absolute atomic E-state index is 0.0139. The molecule has 6 rings (SSSR count). The number of nitrogens with one attached hydrogen (secondary N) is 1. The number of rotatable bonds is 5. The first-order valence-electron chi connectivity index (χ1n) is 10.6. The van der Waals surface area contributed by atoms with Crippen LogP contribution in [-0.4, -0.2) is 37.7 Å². The summed E-state index contributed by atoms with van der Waals surface area (Å²) >= 11 is 2.91. The Morgan fingerprint density at radius 3 is 2.76 bits per heavy atom. The van der Waals surface area contributed by atoms with Gasteiger partial charge in [0, 0.05) is 24.0 Å². The number of H-pyrrole nitrogens is 1. The second-order valence-electron chi connectivity index (χ2n) is 7.80. The molecular formula is C24H19N5O2S2. The molecule has 1 aliphatic rings. The van der Waals surface area contributed by atoms with Crippen LogP contribution in [-0.2, 0) is 17.1 Å². The molecule has 1 aliphatic heterocycles. The summed E-state index contributed by atoms with van der Waals surface area (Å²) in [6.45, 7) is 1.38. The van der Waals surface area contributed by atoms with Gasteiger partial charge in [0.25, 0.3) is 5.56 Å². The first kappa shape index (κ1) is 20.2. The highest BCUT2D eigenvalue weighted by molar-refractivity contribution is 7.99. The molecule has 0 saturated heterocycles. The normalized spacial score (nSPS) is 13.2. The van der Waals surface area contributed by atoms with E-state index in [9.17, 15) is 9.59 Å². The number of aromatic nitrogens is 4. The van der Waals surface area contributed by atoms with Gasteiger partial charge >= 0.3 is 0 Å². The molecule has 0 spiro atoms. The Labute approximate surface area is 197 Å². The van der Waals surface area contributed by atoms with Crippen molar-refractivity contribution in [3.05, 3.63) is 76.2 Å². The summed E-state index contributed by atoms with van der Waals surface area (Å²) in [6.07, 6.45) is 0. The van der Waals surface area contributed by atoms with Crippen molar-refractivity contribution >= 4 is 56.2 Å². The molecule has 4 heterocycles. The molecule has 33 heavy (non-hydrogen) atoms. The van der Waals surface area contributed by atoms with Gasteiger partial charge in [-0.3, -0.25) is 14.5 Å². The van der Waals surface area contributed by atoms with Crippen LogP contribution in [0.4, 0.5) is 5.95 Å². The summed E-state index contributed by atoms with van der Waals surface area (Å²) in [6, 6.07) is 17.8. The number of para-hydroxylation sites is 2. The number of anilines is 1. The molecule has 9 heteroatoms. The van der Waals surface area contributed by atoms with Gasteiger partial charge in [0.15, 0.2) is 0 Å². The lowest BCUT2D eigenvalue weighted by atomic mass is 10.1. The van der Waals surface area contributed by atoms with Gasteiger partial charge in [0.05, 0.1) is 27.9 Å². The first-order chi connectivity index (χ1) is 16.2. The lowest BCUT2D eigenvalue weighted by molar-refractivity contribution is -0.116. The third-order valence-corrected chi connectivity index (χ3v) is 7.57. The van der Waals surface area contributed by atoms with Crippen molar-refractivity contribution in [1.82, 2.24) is 19.5 Å². The van der Waals surface area contributed by atoms with Crippen LogP contribution in [0.3, 0.4) is 0 Å². The Morgan fingerprint density at radius 2 is 1.88 bits per heavy atom. The third kappa shape index (κ3) is 3.53. The van der Waals surface area contributed by atoms with Gasteiger partial charge < -0.3 is 9.55 Å². The van der Waals surface area contributed by atoms with Gasteiger partial charge in [-0.25, -0.2) is 9.97 Å². The van der Waals surface area contributed by atoms with Crippen molar-refractivity contribution < 1.29 is 4.79 Å². The highest BCUT2D eigenvalue weighted by Crippen LogP contribution is 2.31. The second kappa shape index (κ2) is 8.17. The molecule has 7 nitrogen and oxygen atoms in total. The van der Waals surface area contributed by atoms with Gasteiger partial charge in [-0.1, -0.05) is 42.5 Å². The van der Waals surface area contributed by atoms with Crippen LogP contribution >= 0.6 is 23.1 Å². The van der Waals surface area contributed by atoms with Gasteiger partial charge in [-0.15, -0.1) is 23.1 Å². The van der Waals surface area contributed by atoms with Crippen LogP contribution in [0.2, 0.25) is 0 Å². The molecule has 0 bridgehead atoms. The minimum atomic E-state index is -0.143. The van der Waals surface area contributed by atoms with E-state index in [4.69, 9.17) is 0 Å². The van der Waals surface area contributed by atoms with Crippen LogP contribution in [0, 0.1) is 0 Å². The highest BCUT2D eigenvalue weighted by Gasteiger charge is 2.28. The molecule has 1 N–H and O–H groups in total. The van der Waals surface area contributed by atoms with Crippen molar-refractivity contribution in [3.63, 3.8) is 0 Å². The number of hydrogen-bond donors (Lipinski definition) is 1. The number of hydrogen-bond acceptors (Lipinski definition) is 6. The number of benzene rings is 2. The SMILES string of the molecule is O=C(CSCc1nc2scc(-c3ccccc3)c2c(=O)[nH]1)N1CCn2c1nc1ccccc12.